The third kappa shape index (κ3) is 2.70. The summed E-state index contributed by atoms with van der Waals surface area (Å²) in [6.07, 6.45) is 12.6. The molecule has 0 radical (unpaired) electrons. The zero-order chi connectivity index (χ0) is 22.6. The van der Waals surface area contributed by atoms with Crippen LogP contribution in [-0.2, 0) is 0 Å². The van der Waals surface area contributed by atoms with Gasteiger partial charge in [0, 0.05) is 0 Å². The molecule has 5 rings (SSSR count). The summed E-state index contributed by atoms with van der Waals surface area (Å²) in [6.45, 7) is 17.3. The molecule has 178 valence electrons. The van der Waals surface area contributed by atoms with Crippen LogP contribution in [0.5, 0.6) is 0 Å². The Kier molecular flexibility index (Phi) is 4.94. The van der Waals surface area contributed by atoms with Gasteiger partial charge in [0.2, 0.25) is 0 Å². The van der Waals surface area contributed by atoms with Gasteiger partial charge in [-0.15, -0.1) is 0 Å². The van der Waals surface area contributed by atoms with Crippen molar-refractivity contribution in [2.24, 2.45) is 56.7 Å². The molecule has 2 N–H and O–H groups in total. The summed E-state index contributed by atoms with van der Waals surface area (Å²) in [5.41, 5.74) is 1.65. The Balaban J connectivity index is 1.54. The van der Waals surface area contributed by atoms with Crippen LogP contribution in [0.1, 0.15) is 113 Å². The Morgan fingerprint density at radius 3 is 2.10 bits per heavy atom. The van der Waals surface area contributed by atoms with E-state index in [0.717, 1.165) is 18.3 Å². The second kappa shape index (κ2) is 6.74. The number of fused-ring (bicyclic) bond motifs is 7. The van der Waals surface area contributed by atoms with E-state index in [4.69, 9.17) is 0 Å². The minimum absolute atomic E-state index is 0.0418. The molecular weight excluding hydrogens is 380 g/mol. The van der Waals surface area contributed by atoms with E-state index in [1.165, 1.54) is 57.8 Å². The Morgan fingerprint density at radius 1 is 0.710 bits per heavy atom. The molecule has 0 spiro atoms. The molecule has 0 bridgehead atoms. The second-order valence-corrected chi connectivity index (χ2v) is 14.7. The van der Waals surface area contributed by atoms with Crippen molar-refractivity contribution in [3.05, 3.63) is 0 Å². The van der Waals surface area contributed by atoms with Crippen LogP contribution in [0.25, 0.3) is 0 Å². The van der Waals surface area contributed by atoms with Gasteiger partial charge in [0.25, 0.3) is 0 Å². The minimum Gasteiger partial charge on any atom is -0.393 e. The van der Waals surface area contributed by atoms with Gasteiger partial charge < -0.3 is 10.2 Å². The van der Waals surface area contributed by atoms with Crippen LogP contribution in [0.2, 0.25) is 0 Å². The highest BCUT2D eigenvalue weighted by Gasteiger charge is 2.70. The van der Waals surface area contributed by atoms with E-state index in [1.54, 1.807) is 0 Å². The number of hydrogen-bond donors (Lipinski definition) is 2. The first kappa shape index (κ1) is 22.7. The van der Waals surface area contributed by atoms with E-state index >= 15 is 0 Å². The summed E-state index contributed by atoms with van der Waals surface area (Å²) < 4.78 is 0. The van der Waals surface area contributed by atoms with Crippen LogP contribution in [0.15, 0.2) is 0 Å². The zero-order valence-corrected chi connectivity index (χ0v) is 21.5. The highest BCUT2D eigenvalue weighted by Crippen LogP contribution is 2.77. The fourth-order valence-electron chi connectivity index (χ4n) is 11.5. The van der Waals surface area contributed by atoms with Crippen LogP contribution >= 0.6 is 0 Å². The van der Waals surface area contributed by atoms with Gasteiger partial charge in [-0.25, -0.2) is 0 Å². The Bertz CT molecular complexity index is 728. The molecule has 31 heavy (non-hydrogen) atoms. The number of hydrogen-bond acceptors (Lipinski definition) is 2. The third-order valence-electron chi connectivity index (χ3n) is 13.5. The van der Waals surface area contributed by atoms with Crippen LogP contribution < -0.4 is 0 Å². The minimum atomic E-state index is -0.159. The quantitative estimate of drug-likeness (QED) is 0.478. The Morgan fingerprint density at radius 2 is 1.42 bits per heavy atom. The van der Waals surface area contributed by atoms with Crippen LogP contribution in [0, 0.1) is 56.7 Å². The van der Waals surface area contributed by atoms with Crippen molar-refractivity contribution in [1.82, 2.24) is 0 Å². The summed E-state index contributed by atoms with van der Waals surface area (Å²) in [7, 11) is 0. The summed E-state index contributed by atoms with van der Waals surface area (Å²) in [5.74, 6) is 3.41. The van der Waals surface area contributed by atoms with Crippen molar-refractivity contribution in [2.75, 3.05) is 0 Å². The van der Waals surface area contributed by atoms with E-state index in [0.29, 0.717) is 39.4 Å². The van der Waals surface area contributed by atoms with E-state index in [9.17, 15) is 10.2 Å². The highest BCUT2D eigenvalue weighted by molar-refractivity contribution is 5.19. The standard InChI is InChI=1S/C29H50O2/c1-18(30)19-10-13-26(4)16-17-28(6)20(24(19)26)8-9-22-27(5)14-12-23(31)25(2,3)21(27)11-15-29(22,28)7/h18-24,30-31H,8-17H2,1-7H3/t18-,19+,20?,21?,22?,23-,24?,26-,27+,28-,29-/m1/s1. The Labute approximate surface area is 192 Å². The highest BCUT2D eigenvalue weighted by atomic mass is 16.3. The molecule has 0 aromatic heterocycles. The van der Waals surface area contributed by atoms with E-state index in [1.807, 2.05) is 0 Å². The molecule has 0 aromatic rings. The molecule has 2 heteroatoms. The zero-order valence-electron chi connectivity index (χ0n) is 21.5. The predicted octanol–water partition coefficient (Wildman–Crippen LogP) is 6.83. The van der Waals surface area contributed by atoms with Gasteiger partial charge in [-0.05, 0) is 128 Å². The summed E-state index contributed by atoms with van der Waals surface area (Å²) in [6, 6.07) is 0. The van der Waals surface area contributed by atoms with E-state index in [-0.39, 0.29) is 17.6 Å². The van der Waals surface area contributed by atoms with Crippen LogP contribution in [0.4, 0.5) is 0 Å². The second-order valence-electron chi connectivity index (χ2n) is 14.7. The van der Waals surface area contributed by atoms with E-state index in [2.05, 4.69) is 48.5 Å². The molecule has 0 aliphatic heterocycles. The molecular formula is C29H50O2. The molecule has 0 saturated heterocycles. The molecule has 4 unspecified atom stereocenters. The first-order valence-corrected chi connectivity index (χ1v) is 13.7. The third-order valence-corrected chi connectivity index (χ3v) is 13.5. The average Bonchev–Trinajstić information content (AvgIpc) is 3.04. The first-order chi connectivity index (χ1) is 14.3. The van der Waals surface area contributed by atoms with Crippen LogP contribution in [0.3, 0.4) is 0 Å². The largest absolute Gasteiger partial charge is 0.393 e. The smallest absolute Gasteiger partial charge is 0.0594 e. The number of rotatable bonds is 1. The summed E-state index contributed by atoms with van der Waals surface area (Å²) in [4.78, 5) is 0. The maximum absolute atomic E-state index is 10.9. The molecule has 5 fully saturated rings. The van der Waals surface area contributed by atoms with Crippen molar-refractivity contribution in [2.45, 2.75) is 125 Å². The molecule has 0 aromatic carbocycles. The van der Waals surface area contributed by atoms with Crippen molar-refractivity contribution in [1.29, 1.82) is 0 Å². The van der Waals surface area contributed by atoms with Gasteiger partial charge in [-0.3, -0.25) is 0 Å². The lowest BCUT2D eigenvalue weighted by molar-refractivity contribution is -0.248. The SMILES string of the molecule is C[C@@H](O)[C@@H]1CC[C@]2(C)CC[C@]3(C)C(CCC4[C@@]5(C)CC[C@@H](O)C(C)(C)C5CC[C@]43C)C12. The molecule has 2 nitrogen and oxygen atoms in total. The first-order valence-electron chi connectivity index (χ1n) is 13.7. The van der Waals surface area contributed by atoms with Gasteiger partial charge >= 0.3 is 0 Å². The monoisotopic (exact) mass is 430 g/mol. The van der Waals surface area contributed by atoms with Gasteiger partial charge in [0.1, 0.15) is 0 Å². The lowest BCUT2D eigenvalue weighted by atomic mass is 9.32. The topological polar surface area (TPSA) is 40.5 Å². The van der Waals surface area contributed by atoms with Gasteiger partial charge in [-0.1, -0.05) is 41.5 Å². The normalized spacial score (nSPS) is 59.1. The van der Waals surface area contributed by atoms with Crippen molar-refractivity contribution < 1.29 is 10.2 Å². The fourth-order valence-corrected chi connectivity index (χ4v) is 11.5. The molecule has 0 heterocycles. The van der Waals surface area contributed by atoms with Crippen LogP contribution in [-0.4, -0.2) is 22.4 Å². The summed E-state index contributed by atoms with van der Waals surface area (Å²) in [5, 5.41) is 21.6. The molecule has 0 amide bonds. The maximum Gasteiger partial charge on any atom is 0.0594 e. The lowest BCUT2D eigenvalue weighted by Gasteiger charge is -2.73. The fraction of sp³-hybridized carbons (Fsp3) is 1.00. The Hall–Kier alpha value is -0.0800. The van der Waals surface area contributed by atoms with Crippen molar-refractivity contribution >= 4 is 0 Å². The summed E-state index contributed by atoms with van der Waals surface area (Å²) >= 11 is 0. The number of aliphatic hydroxyl groups is 2. The average molecular weight is 431 g/mol. The number of aliphatic hydroxyl groups excluding tert-OH is 2. The molecule has 5 aliphatic carbocycles. The molecule has 5 saturated carbocycles. The van der Waals surface area contributed by atoms with Crippen molar-refractivity contribution in [3.63, 3.8) is 0 Å². The molecule has 5 aliphatic rings. The lowest BCUT2D eigenvalue weighted by Crippen LogP contribution is -2.66. The van der Waals surface area contributed by atoms with E-state index < -0.39 is 0 Å². The van der Waals surface area contributed by atoms with Gasteiger partial charge in [0.05, 0.1) is 12.2 Å². The van der Waals surface area contributed by atoms with Crippen molar-refractivity contribution in [3.8, 4) is 0 Å². The van der Waals surface area contributed by atoms with Gasteiger partial charge in [-0.2, -0.15) is 0 Å². The van der Waals surface area contributed by atoms with Gasteiger partial charge in [0.15, 0.2) is 0 Å². The maximum atomic E-state index is 10.9. The molecule has 11 atom stereocenters. The predicted molar refractivity (Wildman–Crippen MR) is 128 cm³/mol.